The maximum Gasteiger partial charge on any atom is 0.224 e. The second-order valence-corrected chi connectivity index (χ2v) is 5.63. The van der Waals surface area contributed by atoms with E-state index >= 15 is 0 Å². The minimum atomic E-state index is -0.528. The topological polar surface area (TPSA) is 65.1 Å². The maximum absolute atomic E-state index is 13.3. The normalized spacial score (nSPS) is 12.8. The molecule has 1 amide bonds. The van der Waals surface area contributed by atoms with Crippen LogP contribution < -0.4 is 5.32 Å². The number of H-pyrrole nitrogens is 1. The Morgan fingerprint density at radius 1 is 1.36 bits per heavy atom. The van der Waals surface area contributed by atoms with Crippen molar-refractivity contribution < 1.29 is 14.3 Å². The van der Waals surface area contributed by atoms with Crippen molar-refractivity contribution in [3.05, 3.63) is 35.8 Å². The smallest absolute Gasteiger partial charge is 0.224 e. The zero-order chi connectivity index (χ0) is 16.1. The third-order valence-electron chi connectivity index (χ3n) is 4.18. The van der Waals surface area contributed by atoms with Gasteiger partial charge in [-0.25, -0.2) is 4.39 Å². The lowest BCUT2D eigenvalue weighted by Crippen LogP contribution is -2.36. The molecule has 1 atom stereocenters. The fourth-order valence-electron chi connectivity index (χ4n) is 2.75. The van der Waals surface area contributed by atoms with Crippen molar-refractivity contribution in [1.82, 2.24) is 10.3 Å². The van der Waals surface area contributed by atoms with Crippen LogP contribution in [0.25, 0.3) is 10.9 Å². The van der Waals surface area contributed by atoms with Crippen LogP contribution in [0.2, 0.25) is 0 Å². The van der Waals surface area contributed by atoms with Crippen LogP contribution in [-0.2, 0) is 11.2 Å². The number of aromatic nitrogens is 1. The molecule has 0 saturated carbocycles. The van der Waals surface area contributed by atoms with E-state index < -0.39 is 6.10 Å². The number of hydrogen-bond acceptors (Lipinski definition) is 2. The van der Waals surface area contributed by atoms with E-state index in [0.717, 1.165) is 29.3 Å². The molecule has 0 fully saturated rings. The van der Waals surface area contributed by atoms with E-state index in [9.17, 15) is 14.3 Å². The predicted octanol–water partition coefficient (Wildman–Crippen LogP) is 2.76. The fraction of sp³-hybridized carbons (Fsp3) is 0.471. The van der Waals surface area contributed by atoms with Gasteiger partial charge in [0.15, 0.2) is 0 Å². The van der Waals surface area contributed by atoms with Crippen molar-refractivity contribution >= 4 is 16.8 Å². The molecular formula is C17H23FN2O2. The molecule has 0 aliphatic carbocycles. The van der Waals surface area contributed by atoms with E-state index in [1.165, 1.54) is 12.1 Å². The SMILES string of the molecule is CCC(CC)C(O)CNC(=O)Cc1c[nH]c2ccc(F)cc12. The summed E-state index contributed by atoms with van der Waals surface area (Å²) in [7, 11) is 0. The molecule has 5 heteroatoms. The molecule has 1 unspecified atom stereocenters. The van der Waals surface area contributed by atoms with E-state index in [0.29, 0.717) is 0 Å². The molecule has 1 aromatic heterocycles. The summed E-state index contributed by atoms with van der Waals surface area (Å²) < 4.78 is 13.3. The summed E-state index contributed by atoms with van der Waals surface area (Å²) in [5.41, 5.74) is 1.56. The largest absolute Gasteiger partial charge is 0.391 e. The van der Waals surface area contributed by atoms with Gasteiger partial charge < -0.3 is 15.4 Å². The van der Waals surface area contributed by atoms with Gasteiger partial charge in [0.25, 0.3) is 0 Å². The molecule has 0 saturated heterocycles. The maximum atomic E-state index is 13.3. The Morgan fingerprint density at radius 2 is 2.09 bits per heavy atom. The summed E-state index contributed by atoms with van der Waals surface area (Å²) in [5, 5.41) is 13.5. The Balaban J connectivity index is 1.95. The van der Waals surface area contributed by atoms with Crippen molar-refractivity contribution in [2.24, 2.45) is 5.92 Å². The molecule has 0 aliphatic rings. The molecular weight excluding hydrogens is 283 g/mol. The minimum absolute atomic E-state index is 0.166. The number of carbonyl (C=O) groups is 1. The Kier molecular flexibility index (Phi) is 5.55. The first kappa shape index (κ1) is 16.5. The first-order chi connectivity index (χ1) is 10.5. The molecule has 3 N–H and O–H groups in total. The molecule has 0 spiro atoms. The quantitative estimate of drug-likeness (QED) is 0.736. The monoisotopic (exact) mass is 306 g/mol. The van der Waals surface area contributed by atoms with Crippen LogP contribution in [0.1, 0.15) is 32.3 Å². The molecule has 2 rings (SSSR count). The molecule has 1 aromatic carbocycles. The molecule has 2 aromatic rings. The van der Waals surface area contributed by atoms with Crippen LogP contribution in [-0.4, -0.2) is 28.6 Å². The van der Waals surface area contributed by atoms with Gasteiger partial charge in [-0.3, -0.25) is 4.79 Å². The van der Waals surface area contributed by atoms with Gasteiger partial charge in [-0.1, -0.05) is 26.7 Å². The highest BCUT2D eigenvalue weighted by molar-refractivity contribution is 5.88. The fourth-order valence-corrected chi connectivity index (χ4v) is 2.75. The van der Waals surface area contributed by atoms with E-state index in [1.807, 2.05) is 13.8 Å². The summed E-state index contributed by atoms with van der Waals surface area (Å²) in [4.78, 5) is 15.0. The van der Waals surface area contributed by atoms with Crippen LogP contribution in [0.15, 0.2) is 24.4 Å². The Bertz CT molecular complexity index is 635. The van der Waals surface area contributed by atoms with Crippen molar-refractivity contribution in [3.63, 3.8) is 0 Å². The molecule has 4 nitrogen and oxygen atoms in total. The highest BCUT2D eigenvalue weighted by atomic mass is 19.1. The lowest BCUT2D eigenvalue weighted by Gasteiger charge is -2.20. The first-order valence-corrected chi connectivity index (χ1v) is 7.75. The summed E-state index contributed by atoms with van der Waals surface area (Å²) >= 11 is 0. The average Bonchev–Trinajstić information content (AvgIpc) is 2.88. The van der Waals surface area contributed by atoms with Crippen LogP contribution in [0.3, 0.4) is 0 Å². The average molecular weight is 306 g/mol. The summed E-state index contributed by atoms with van der Waals surface area (Å²) in [6.45, 7) is 4.31. The Labute approximate surface area is 129 Å². The van der Waals surface area contributed by atoms with Gasteiger partial charge in [0.2, 0.25) is 5.91 Å². The Hall–Kier alpha value is -1.88. The number of carbonyl (C=O) groups excluding carboxylic acids is 1. The zero-order valence-electron chi connectivity index (χ0n) is 13.0. The summed E-state index contributed by atoms with van der Waals surface area (Å²) in [6.07, 6.45) is 3.13. The standard InChI is InChI=1S/C17H23FN2O2/c1-3-11(4-2)16(21)10-20-17(22)7-12-9-19-15-6-5-13(18)8-14(12)15/h5-6,8-9,11,16,19,21H,3-4,7,10H2,1-2H3,(H,20,22). The zero-order valence-corrected chi connectivity index (χ0v) is 13.0. The second-order valence-electron chi connectivity index (χ2n) is 5.63. The van der Waals surface area contributed by atoms with Gasteiger partial charge in [-0.15, -0.1) is 0 Å². The van der Waals surface area contributed by atoms with Crippen LogP contribution in [0.5, 0.6) is 0 Å². The number of fused-ring (bicyclic) bond motifs is 1. The van der Waals surface area contributed by atoms with Crippen LogP contribution >= 0.6 is 0 Å². The second kappa shape index (κ2) is 7.40. The number of aliphatic hydroxyl groups excluding tert-OH is 1. The van der Waals surface area contributed by atoms with E-state index in [-0.39, 0.29) is 30.6 Å². The molecule has 22 heavy (non-hydrogen) atoms. The van der Waals surface area contributed by atoms with Gasteiger partial charge in [-0.2, -0.15) is 0 Å². The van der Waals surface area contributed by atoms with Gasteiger partial charge in [0, 0.05) is 23.6 Å². The first-order valence-electron chi connectivity index (χ1n) is 7.75. The third-order valence-corrected chi connectivity index (χ3v) is 4.18. The van der Waals surface area contributed by atoms with Crippen molar-refractivity contribution in [2.75, 3.05) is 6.54 Å². The Morgan fingerprint density at radius 3 is 2.77 bits per heavy atom. The molecule has 120 valence electrons. The highest BCUT2D eigenvalue weighted by Gasteiger charge is 2.17. The minimum Gasteiger partial charge on any atom is -0.391 e. The lowest BCUT2D eigenvalue weighted by molar-refractivity contribution is -0.121. The number of aromatic amines is 1. The number of aliphatic hydroxyl groups is 1. The van der Waals surface area contributed by atoms with Gasteiger partial charge >= 0.3 is 0 Å². The summed E-state index contributed by atoms with van der Waals surface area (Å²) in [6, 6.07) is 4.46. The number of amides is 1. The van der Waals surface area contributed by atoms with Crippen molar-refractivity contribution in [1.29, 1.82) is 0 Å². The number of benzene rings is 1. The third kappa shape index (κ3) is 3.85. The van der Waals surface area contributed by atoms with E-state index in [4.69, 9.17) is 0 Å². The van der Waals surface area contributed by atoms with Gasteiger partial charge in [-0.05, 0) is 29.7 Å². The number of nitrogens with one attached hydrogen (secondary N) is 2. The number of rotatable bonds is 7. The van der Waals surface area contributed by atoms with Gasteiger partial charge in [0.05, 0.1) is 12.5 Å². The number of hydrogen-bond donors (Lipinski definition) is 3. The summed E-state index contributed by atoms with van der Waals surface area (Å²) in [5.74, 6) is -0.296. The van der Waals surface area contributed by atoms with Gasteiger partial charge in [0.1, 0.15) is 5.82 Å². The molecule has 0 radical (unpaired) electrons. The molecule has 0 bridgehead atoms. The lowest BCUT2D eigenvalue weighted by atomic mass is 9.96. The van der Waals surface area contributed by atoms with Crippen molar-refractivity contribution in [3.8, 4) is 0 Å². The van der Waals surface area contributed by atoms with Crippen LogP contribution in [0.4, 0.5) is 4.39 Å². The highest BCUT2D eigenvalue weighted by Crippen LogP contribution is 2.20. The number of halogens is 1. The van der Waals surface area contributed by atoms with Crippen LogP contribution in [0, 0.1) is 11.7 Å². The van der Waals surface area contributed by atoms with Crippen molar-refractivity contribution in [2.45, 2.75) is 39.2 Å². The molecule has 0 aliphatic heterocycles. The van der Waals surface area contributed by atoms with E-state index in [1.54, 1.807) is 12.3 Å². The molecule has 1 heterocycles. The van der Waals surface area contributed by atoms with E-state index in [2.05, 4.69) is 10.3 Å². The predicted molar refractivity (Wildman–Crippen MR) is 85.0 cm³/mol.